The van der Waals surface area contributed by atoms with Crippen molar-refractivity contribution in [1.82, 2.24) is 4.98 Å². The highest BCUT2D eigenvalue weighted by atomic mass is 32.1. The maximum Gasteiger partial charge on any atom is 0.417 e. The van der Waals surface area contributed by atoms with Gasteiger partial charge in [0.15, 0.2) is 0 Å². The molecule has 1 N–H and O–H groups in total. The van der Waals surface area contributed by atoms with Gasteiger partial charge in [-0.05, 0) is 12.1 Å². The Hall–Kier alpha value is -1.88. The van der Waals surface area contributed by atoms with Crippen molar-refractivity contribution >= 4 is 22.4 Å². The van der Waals surface area contributed by atoms with Gasteiger partial charge in [0, 0.05) is 0 Å². The van der Waals surface area contributed by atoms with E-state index in [4.69, 9.17) is 4.74 Å². The number of benzene rings is 1. The van der Waals surface area contributed by atoms with Gasteiger partial charge in [-0.15, -0.1) is 11.3 Å². The zero-order valence-electron chi connectivity index (χ0n) is 7.71. The van der Waals surface area contributed by atoms with Gasteiger partial charge in [0.1, 0.15) is 10.8 Å². The molecular formula is C10H8N2O2S. The number of carbonyl (C=O) groups excluding carboxylic acids is 1. The number of rotatable bonds is 2. The van der Waals surface area contributed by atoms with E-state index in [-0.39, 0.29) is 0 Å². The summed E-state index contributed by atoms with van der Waals surface area (Å²) in [6.45, 7) is 0. The van der Waals surface area contributed by atoms with Gasteiger partial charge in [-0.3, -0.25) is 10.3 Å². The minimum Gasteiger partial charge on any atom is -0.410 e. The van der Waals surface area contributed by atoms with Gasteiger partial charge >= 0.3 is 6.09 Å². The first kappa shape index (κ1) is 9.67. The summed E-state index contributed by atoms with van der Waals surface area (Å²) in [6.07, 6.45) is 1.06. The topological polar surface area (TPSA) is 51.2 Å². The van der Waals surface area contributed by atoms with Gasteiger partial charge in [-0.2, -0.15) is 0 Å². The van der Waals surface area contributed by atoms with Crippen LogP contribution in [-0.2, 0) is 0 Å². The molecule has 15 heavy (non-hydrogen) atoms. The van der Waals surface area contributed by atoms with Crippen LogP contribution >= 0.6 is 11.3 Å². The van der Waals surface area contributed by atoms with Crippen molar-refractivity contribution in [2.24, 2.45) is 0 Å². The lowest BCUT2D eigenvalue weighted by Crippen LogP contribution is -2.15. The Morgan fingerprint density at radius 3 is 2.80 bits per heavy atom. The zero-order valence-corrected chi connectivity index (χ0v) is 8.53. The summed E-state index contributed by atoms with van der Waals surface area (Å²) < 4.78 is 5.02. The predicted octanol–water partition coefficient (Wildman–Crippen LogP) is 2.75. The first-order valence-electron chi connectivity index (χ1n) is 4.27. The van der Waals surface area contributed by atoms with Crippen LogP contribution in [0.2, 0.25) is 0 Å². The van der Waals surface area contributed by atoms with Crippen molar-refractivity contribution in [1.29, 1.82) is 0 Å². The van der Waals surface area contributed by atoms with E-state index in [0.717, 1.165) is 0 Å². The average Bonchev–Trinajstić information content (AvgIpc) is 2.71. The van der Waals surface area contributed by atoms with Crippen LogP contribution in [0.25, 0.3) is 0 Å². The fourth-order valence-corrected chi connectivity index (χ4v) is 1.50. The Bertz CT molecular complexity index is 428. The van der Waals surface area contributed by atoms with Crippen molar-refractivity contribution in [3.05, 3.63) is 42.0 Å². The molecule has 1 aromatic carbocycles. The summed E-state index contributed by atoms with van der Waals surface area (Å²) in [5.41, 5.74) is 1.64. The Morgan fingerprint density at radius 2 is 2.13 bits per heavy atom. The third-order valence-corrected chi connectivity index (χ3v) is 2.30. The maximum atomic E-state index is 11.3. The van der Waals surface area contributed by atoms with E-state index >= 15 is 0 Å². The zero-order chi connectivity index (χ0) is 10.5. The second-order valence-electron chi connectivity index (χ2n) is 2.69. The van der Waals surface area contributed by atoms with E-state index in [2.05, 4.69) is 10.3 Å². The summed E-state index contributed by atoms with van der Waals surface area (Å²) in [5.74, 6) is 0.513. The monoisotopic (exact) mass is 220 g/mol. The Kier molecular flexibility index (Phi) is 2.94. The van der Waals surface area contributed by atoms with Crippen molar-refractivity contribution < 1.29 is 9.53 Å². The average molecular weight is 220 g/mol. The lowest BCUT2D eigenvalue weighted by atomic mass is 10.3. The molecule has 5 heteroatoms. The number of thiazole rings is 1. The van der Waals surface area contributed by atoms with Gasteiger partial charge in [-0.25, -0.2) is 4.79 Å². The Balaban J connectivity index is 1.94. The quantitative estimate of drug-likeness (QED) is 0.846. The number of para-hydroxylation sites is 1. The number of hydrogen-bond acceptors (Lipinski definition) is 4. The molecule has 0 aliphatic rings. The number of amides is 1. The standard InChI is InChI=1S/C10H8N2O2S/c13-10(12-9-6-11-7-15-9)14-8-4-2-1-3-5-8/h1-7H,(H,12,13). The van der Waals surface area contributed by atoms with Crippen LogP contribution in [0.15, 0.2) is 42.0 Å². The molecule has 0 saturated heterocycles. The number of nitrogens with one attached hydrogen (secondary N) is 1. The van der Waals surface area contributed by atoms with Crippen LogP contribution in [0.5, 0.6) is 5.75 Å². The number of nitrogens with zero attached hydrogens (tertiary/aromatic N) is 1. The summed E-state index contributed by atoms with van der Waals surface area (Å²) >= 11 is 1.34. The highest BCUT2D eigenvalue weighted by Crippen LogP contribution is 2.14. The molecule has 0 saturated carbocycles. The fourth-order valence-electron chi connectivity index (χ4n) is 0.999. The molecule has 0 bridgehead atoms. The third-order valence-electron chi connectivity index (χ3n) is 1.61. The molecule has 2 aromatic rings. The molecule has 1 aromatic heterocycles. The van der Waals surface area contributed by atoms with Gasteiger partial charge in [-0.1, -0.05) is 18.2 Å². The van der Waals surface area contributed by atoms with Crippen molar-refractivity contribution in [2.75, 3.05) is 5.32 Å². The number of anilines is 1. The number of carbonyl (C=O) groups is 1. The van der Waals surface area contributed by atoms with Crippen LogP contribution in [0.4, 0.5) is 9.80 Å². The molecule has 1 amide bonds. The summed E-state index contributed by atoms with van der Waals surface area (Å²) in [5, 5.41) is 3.23. The van der Waals surface area contributed by atoms with Crippen LogP contribution in [-0.4, -0.2) is 11.1 Å². The molecule has 0 unspecified atom stereocenters. The smallest absolute Gasteiger partial charge is 0.410 e. The molecule has 4 nitrogen and oxygen atoms in total. The van der Waals surface area contributed by atoms with E-state index in [1.54, 1.807) is 36.0 Å². The second-order valence-corrected chi connectivity index (χ2v) is 3.58. The normalized spacial score (nSPS) is 9.60. The van der Waals surface area contributed by atoms with Crippen molar-refractivity contribution in [2.45, 2.75) is 0 Å². The van der Waals surface area contributed by atoms with Crippen molar-refractivity contribution in [3.63, 3.8) is 0 Å². The van der Waals surface area contributed by atoms with Crippen LogP contribution in [0.3, 0.4) is 0 Å². The van der Waals surface area contributed by atoms with Gasteiger partial charge in [0.05, 0.1) is 11.7 Å². The van der Waals surface area contributed by atoms with E-state index in [9.17, 15) is 4.79 Å². The Labute approximate surface area is 90.5 Å². The molecular weight excluding hydrogens is 212 g/mol. The summed E-state index contributed by atoms with van der Waals surface area (Å²) in [7, 11) is 0. The summed E-state index contributed by atoms with van der Waals surface area (Å²) in [6, 6.07) is 8.89. The SMILES string of the molecule is O=C(Nc1cncs1)Oc1ccccc1. The molecule has 0 fully saturated rings. The number of ether oxygens (including phenoxy) is 1. The van der Waals surface area contributed by atoms with Crippen LogP contribution in [0.1, 0.15) is 0 Å². The predicted molar refractivity (Wildman–Crippen MR) is 58.2 cm³/mol. The maximum absolute atomic E-state index is 11.3. The first-order chi connectivity index (χ1) is 7.34. The van der Waals surface area contributed by atoms with Gasteiger partial charge in [0.25, 0.3) is 0 Å². The largest absolute Gasteiger partial charge is 0.417 e. The van der Waals surface area contributed by atoms with E-state index < -0.39 is 6.09 Å². The highest BCUT2D eigenvalue weighted by Gasteiger charge is 2.04. The molecule has 0 radical (unpaired) electrons. The molecule has 0 aliphatic heterocycles. The molecule has 76 valence electrons. The minimum absolute atomic E-state index is 0.509. The fraction of sp³-hybridized carbons (Fsp3) is 0. The number of aromatic nitrogens is 1. The lowest BCUT2D eigenvalue weighted by Gasteiger charge is -2.03. The third kappa shape index (κ3) is 2.78. The van der Waals surface area contributed by atoms with E-state index in [0.29, 0.717) is 10.8 Å². The number of hydrogen-bond donors (Lipinski definition) is 1. The van der Waals surface area contributed by atoms with E-state index in [1.165, 1.54) is 11.3 Å². The molecule has 0 atom stereocenters. The van der Waals surface area contributed by atoms with E-state index in [1.807, 2.05) is 6.07 Å². The van der Waals surface area contributed by atoms with Crippen LogP contribution in [0, 0.1) is 0 Å². The minimum atomic E-state index is -0.509. The highest BCUT2D eigenvalue weighted by molar-refractivity contribution is 7.13. The molecule has 0 aliphatic carbocycles. The molecule has 2 rings (SSSR count). The summed E-state index contributed by atoms with van der Waals surface area (Å²) in [4.78, 5) is 15.2. The molecule has 1 heterocycles. The molecule has 0 spiro atoms. The van der Waals surface area contributed by atoms with Gasteiger partial charge < -0.3 is 4.74 Å². The van der Waals surface area contributed by atoms with Crippen molar-refractivity contribution in [3.8, 4) is 5.75 Å². The van der Waals surface area contributed by atoms with Crippen LogP contribution < -0.4 is 10.1 Å². The Morgan fingerprint density at radius 1 is 1.33 bits per heavy atom. The lowest BCUT2D eigenvalue weighted by molar-refractivity contribution is 0.215. The van der Waals surface area contributed by atoms with Gasteiger partial charge in [0.2, 0.25) is 0 Å². The first-order valence-corrected chi connectivity index (χ1v) is 5.15. The second kappa shape index (κ2) is 4.56.